The third-order valence-electron chi connectivity index (χ3n) is 3.25. The van der Waals surface area contributed by atoms with Crippen LogP contribution in [0.4, 0.5) is 4.79 Å². The Bertz CT molecular complexity index is 489. The van der Waals surface area contributed by atoms with Crippen LogP contribution in [-0.4, -0.2) is 46.7 Å². The van der Waals surface area contributed by atoms with Gasteiger partial charge < -0.3 is 20.1 Å². The number of carboxylic acid groups (broad SMARTS) is 1. The molecule has 0 aromatic carbocycles. The molecule has 0 saturated carbocycles. The molecule has 1 aromatic rings. The number of pyridine rings is 1. The van der Waals surface area contributed by atoms with Crippen LogP contribution >= 0.6 is 0 Å². The quantitative estimate of drug-likeness (QED) is 0.852. The Morgan fingerprint density at radius 2 is 2.35 bits per heavy atom. The van der Waals surface area contributed by atoms with Crippen LogP contribution in [0.1, 0.15) is 18.4 Å². The number of carbonyl (C=O) groups is 2. The number of amides is 2. The smallest absolute Gasteiger partial charge is 0.326 e. The first-order valence-corrected chi connectivity index (χ1v) is 6.38. The van der Waals surface area contributed by atoms with Crippen molar-refractivity contribution in [3.63, 3.8) is 0 Å². The molecule has 2 N–H and O–H groups in total. The second-order valence-corrected chi connectivity index (χ2v) is 4.56. The van der Waals surface area contributed by atoms with Crippen LogP contribution in [0.5, 0.6) is 5.88 Å². The summed E-state index contributed by atoms with van der Waals surface area (Å²) in [5, 5.41) is 11.7. The molecule has 0 bridgehead atoms. The van der Waals surface area contributed by atoms with Gasteiger partial charge in [0, 0.05) is 25.4 Å². The van der Waals surface area contributed by atoms with Crippen molar-refractivity contribution in [3.8, 4) is 5.88 Å². The van der Waals surface area contributed by atoms with E-state index < -0.39 is 12.0 Å². The second kappa shape index (κ2) is 6.23. The Kier molecular flexibility index (Phi) is 4.39. The summed E-state index contributed by atoms with van der Waals surface area (Å²) in [6.07, 6.45) is 2.83. The molecular formula is C13H17N3O4. The lowest BCUT2D eigenvalue weighted by Gasteiger charge is -2.21. The van der Waals surface area contributed by atoms with Gasteiger partial charge >= 0.3 is 12.0 Å². The SMILES string of the molecule is COc1ccc(CNC(=O)N2CCC[C@H]2C(=O)O)cn1. The number of carboxylic acids is 1. The minimum Gasteiger partial charge on any atom is -0.481 e. The summed E-state index contributed by atoms with van der Waals surface area (Å²) >= 11 is 0. The minimum atomic E-state index is -0.955. The highest BCUT2D eigenvalue weighted by Gasteiger charge is 2.33. The maximum absolute atomic E-state index is 12.0. The molecule has 1 saturated heterocycles. The fourth-order valence-electron chi connectivity index (χ4n) is 2.18. The molecule has 1 aromatic heterocycles. The lowest BCUT2D eigenvalue weighted by molar-refractivity contribution is -0.141. The van der Waals surface area contributed by atoms with Gasteiger partial charge in [-0.25, -0.2) is 14.6 Å². The summed E-state index contributed by atoms with van der Waals surface area (Å²) in [6.45, 7) is 0.780. The maximum Gasteiger partial charge on any atom is 0.326 e. The Labute approximate surface area is 116 Å². The van der Waals surface area contributed by atoms with Gasteiger partial charge in [-0.05, 0) is 18.4 Å². The molecule has 20 heavy (non-hydrogen) atoms. The van der Waals surface area contributed by atoms with E-state index in [1.54, 1.807) is 18.3 Å². The molecule has 7 nitrogen and oxygen atoms in total. The van der Waals surface area contributed by atoms with E-state index >= 15 is 0 Å². The third kappa shape index (κ3) is 3.17. The topological polar surface area (TPSA) is 91.8 Å². The van der Waals surface area contributed by atoms with Crippen LogP contribution in [0, 0.1) is 0 Å². The van der Waals surface area contributed by atoms with E-state index in [-0.39, 0.29) is 6.03 Å². The summed E-state index contributed by atoms with van der Waals surface area (Å²) in [7, 11) is 1.53. The predicted octanol–water partition coefficient (Wildman–Crippen LogP) is 0.849. The zero-order chi connectivity index (χ0) is 14.5. The molecule has 1 fully saturated rings. The van der Waals surface area contributed by atoms with Crippen LogP contribution in [0.25, 0.3) is 0 Å². The zero-order valence-electron chi connectivity index (χ0n) is 11.2. The highest BCUT2D eigenvalue weighted by molar-refractivity contribution is 5.83. The van der Waals surface area contributed by atoms with Crippen molar-refractivity contribution in [1.29, 1.82) is 0 Å². The summed E-state index contributed by atoms with van der Waals surface area (Å²) < 4.78 is 4.94. The molecule has 2 amide bonds. The van der Waals surface area contributed by atoms with Crippen LogP contribution in [0.3, 0.4) is 0 Å². The first kappa shape index (κ1) is 14.1. The van der Waals surface area contributed by atoms with E-state index in [0.29, 0.717) is 31.8 Å². The fraction of sp³-hybridized carbons (Fsp3) is 0.462. The molecule has 108 valence electrons. The average molecular weight is 279 g/mol. The number of hydrogen-bond donors (Lipinski definition) is 2. The lowest BCUT2D eigenvalue weighted by Crippen LogP contribution is -2.45. The van der Waals surface area contributed by atoms with Gasteiger partial charge in [-0.3, -0.25) is 0 Å². The number of methoxy groups -OCH3 is 1. The maximum atomic E-state index is 12.0. The number of likely N-dealkylation sites (tertiary alicyclic amines) is 1. The van der Waals surface area contributed by atoms with Crippen molar-refractivity contribution < 1.29 is 19.4 Å². The van der Waals surface area contributed by atoms with Gasteiger partial charge in [0.25, 0.3) is 0 Å². The van der Waals surface area contributed by atoms with Gasteiger partial charge in [-0.1, -0.05) is 6.07 Å². The van der Waals surface area contributed by atoms with E-state index in [1.165, 1.54) is 12.0 Å². The van der Waals surface area contributed by atoms with Gasteiger partial charge in [-0.15, -0.1) is 0 Å². The van der Waals surface area contributed by atoms with Gasteiger partial charge in [0.1, 0.15) is 6.04 Å². The molecule has 2 heterocycles. The van der Waals surface area contributed by atoms with Crippen LogP contribution in [-0.2, 0) is 11.3 Å². The molecule has 2 rings (SSSR count). The first-order valence-electron chi connectivity index (χ1n) is 6.38. The Morgan fingerprint density at radius 3 is 2.95 bits per heavy atom. The molecule has 0 spiro atoms. The van der Waals surface area contributed by atoms with Gasteiger partial charge in [-0.2, -0.15) is 0 Å². The zero-order valence-corrected chi connectivity index (χ0v) is 11.2. The number of hydrogen-bond acceptors (Lipinski definition) is 4. The Morgan fingerprint density at radius 1 is 1.55 bits per heavy atom. The van der Waals surface area contributed by atoms with Crippen molar-refractivity contribution in [1.82, 2.24) is 15.2 Å². The third-order valence-corrected chi connectivity index (χ3v) is 3.25. The Hall–Kier alpha value is -2.31. The number of nitrogens with zero attached hydrogens (tertiary/aromatic N) is 2. The van der Waals surface area contributed by atoms with Crippen molar-refractivity contribution in [2.45, 2.75) is 25.4 Å². The van der Waals surface area contributed by atoms with E-state index in [9.17, 15) is 9.59 Å². The van der Waals surface area contributed by atoms with E-state index in [1.807, 2.05) is 0 Å². The molecule has 0 unspecified atom stereocenters. The minimum absolute atomic E-state index is 0.304. The summed E-state index contributed by atoms with van der Waals surface area (Å²) in [5.74, 6) is -0.450. The highest BCUT2D eigenvalue weighted by atomic mass is 16.5. The van der Waals surface area contributed by atoms with Crippen LogP contribution in [0.2, 0.25) is 0 Å². The number of urea groups is 1. The van der Waals surface area contributed by atoms with Gasteiger partial charge in [0.05, 0.1) is 7.11 Å². The standard InChI is InChI=1S/C13H17N3O4/c1-20-11-5-4-9(7-14-11)8-15-13(19)16-6-2-3-10(16)12(17)18/h4-5,7,10H,2-3,6,8H2,1H3,(H,15,19)(H,17,18)/t10-/m0/s1. The van der Waals surface area contributed by atoms with E-state index in [2.05, 4.69) is 10.3 Å². The van der Waals surface area contributed by atoms with E-state index in [4.69, 9.17) is 9.84 Å². The Balaban J connectivity index is 1.89. The number of ether oxygens (including phenoxy) is 1. The molecule has 0 radical (unpaired) electrons. The van der Waals surface area contributed by atoms with Crippen molar-refractivity contribution in [3.05, 3.63) is 23.9 Å². The summed E-state index contributed by atoms with van der Waals surface area (Å²) in [5.41, 5.74) is 0.824. The first-order chi connectivity index (χ1) is 9.61. The molecule has 1 atom stereocenters. The molecule has 1 aliphatic rings. The average Bonchev–Trinajstić information content (AvgIpc) is 2.95. The normalized spacial score (nSPS) is 17.9. The second-order valence-electron chi connectivity index (χ2n) is 4.56. The molecular weight excluding hydrogens is 262 g/mol. The van der Waals surface area contributed by atoms with Crippen LogP contribution in [0.15, 0.2) is 18.3 Å². The van der Waals surface area contributed by atoms with Crippen molar-refractivity contribution in [2.24, 2.45) is 0 Å². The predicted molar refractivity (Wildman–Crippen MR) is 70.4 cm³/mol. The highest BCUT2D eigenvalue weighted by Crippen LogP contribution is 2.17. The summed E-state index contributed by atoms with van der Waals surface area (Å²) in [6, 6.07) is 2.43. The molecule has 1 aliphatic heterocycles. The monoisotopic (exact) mass is 279 g/mol. The van der Waals surface area contributed by atoms with Gasteiger partial charge in [0.15, 0.2) is 0 Å². The number of rotatable bonds is 4. The summed E-state index contributed by atoms with van der Waals surface area (Å²) in [4.78, 5) is 28.4. The van der Waals surface area contributed by atoms with Crippen molar-refractivity contribution >= 4 is 12.0 Å². The number of aliphatic carboxylic acids is 1. The lowest BCUT2D eigenvalue weighted by atomic mass is 10.2. The largest absolute Gasteiger partial charge is 0.481 e. The fourth-order valence-corrected chi connectivity index (χ4v) is 2.18. The number of aromatic nitrogens is 1. The molecule has 7 heteroatoms. The number of carbonyl (C=O) groups excluding carboxylic acids is 1. The van der Waals surface area contributed by atoms with E-state index in [0.717, 1.165) is 5.56 Å². The van der Waals surface area contributed by atoms with Crippen LogP contribution < -0.4 is 10.1 Å². The number of nitrogens with one attached hydrogen (secondary N) is 1. The van der Waals surface area contributed by atoms with Gasteiger partial charge in [0.2, 0.25) is 5.88 Å². The van der Waals surface area contributed by atoms with Crippen molar-refractivity contribution in [2.75, 3.05) is 13.7 Å². The molecule has 0 aliphatic carbocycles.